The number of methoxy groups -OCH3 is 1. The summed E-state index contributed by atoms with van der Waals surface area (Å²) < 4.78 is 5.10. The van der Waals surface area contributed by atoms with Crippen molar-refractivity contribution in [1.29, 1.82) is 0 Å². The molecular formula is C17H20N2O3. The second-order valence-corrected chi connectivity index (χ2v) is 4.86. The van der Waals surface area contributed by atoms with Gasteiger partial charge in [0, 0.05) is 6.42 Å². The Labute approximate surface area is 130 Å². The van der Waals surface area contributed by atoms with Gasteiger partial charge in [0.2, 0.25) is 0 Å². The number of hydrogen-bond acceptors (Lipinski definition) is 4. The number of rotatable bonds is 7. The van der Waals surface area contributed by atoms with E-state index in [0.717, 1.165) is 22.4 Å². The van der Waals surface area contributed by atoms with Gasteiger partial charge in [0.15, 0.2) is 0 Å². The van der Waals surface area contributed by atoms with Gasteiger partial charge in [-0.3, -0.25) is 0 Å². The first-order valence-corrected chi connectivity index (χ1v) is 6.97. The highest BCUT2D eigenvalue weighted by Crippen LogP contribution is 2.11. The van der Waals surface area contributed by atoms with Gasteiger partial charge in [0.1, 0.15) is 18.2 Å². The van der Waals surface area contributed by atoms with Gasteiger partial charge >= 0.3 is 0 Å². The Morgan fingerprint density at radius 3 is 2.18 bits per heavy atom. The maximum Gasteiger partial charge on any atom is 0.143 e. The quantitative estimate of drug-likeness (QED) is 0.467. The second-order valence-electron chi connectivity index (χ2n) is 4.86. The molecule has 0 fully saturated rings. The number of amidine groups is 1. The van der Waals surface area contributed by atoms with Crippen molar-refractivity contribution >= 4 is 5.84 Å². The molecule has 0 radical (unpaired) electrons. The molecule has 22 heavy (non-hydrogen) atoms. The van der Waals surface area contributed by atoms with Crippen molar-refractivity contribution in [2.24, 2.45) is 10.9 Å². The third kappa shape index (κ3) is 4.79. The molecular weight excluding hydrogens is 280 g/mol. The highest BCUT2D eigenvalue weighted by Gasteiger charge is 1.99. The van der Waals surface area contributed by atoms with Crippen LogP contribution in [0, 0.1) is 0 Å². The predicted octanol–water partition coefficient (Wildman–Crippen LogP) is 2.22. The Hall–Kier alpha value is -2.53. The lowest BCUT2D eigenvalue weighted by atomic mass is 10.1. The number of hydrogen-bond donors (Lipinski definition) is 2. The molecule has 5 nitrogen and oxygen atoms in total. The zero-order valence-electron chi connectivity index (χ0n) is 12.5. The third-order valence-corrected chi connectivity index (χ3v) is 3.16. The van der Waals surface area contributed by atoms with Crippen LogP contribution in [-0.2, 0) is 24.5 Å². The maximum atomic E-state index is 8.97. The summed E-state index contributed by atoms with van der Waals surface area (Å²) in [6.07, 6.45) is 0.521. The molecule has 2 aromatic rings. The largest absolute Gasteiger partial charge is 0.497 e. The van der Waals surface area contributed by atoms with Crippen LogP contribution < -0.4 is 10.5 Å². The molecule has 0 bridgehead atoms. The number of nitrogens with two attached hydrogens (primary N) is 1. The zero-order valence-corrected chi connectivity index (χ0v) is 12.5. The van der Waals surface area contributed by atoms with Gasteiger partial charge in [-0.2, -0.15) is 0 Å². The number of oxime groups is 1. The molecule has 0 aliphatic rings. The average molecular weight is 300 g/mol. The summed E-state index contributed by atoms with van der Waals surface area (Å²) in [5, 5.41) is 12.9. The number of benzene rings is 2. The Bertz CT molecular complexity index is 607. The van der Waals surface area contributed by atoms with Crippen LogP contribution >= 0.6 is 0 Å². The summed E-state index contributed by atoms with van der Waals surface area (Å²) in [5.74, 6) is 1.22. The normalized spacial score (nSPS) is 11.3. The fourth-order valence-corrected chi connectivity index (χ4v) is 1.92. The van der Waals surface area contributed by atoms with Crippen LogP contribution in [0.3, 0.4) is 0 Å². The molecule has 0 heterocycles. The number of nitrogens with zero attached hydrogens (tertiary/aromatic N) is 1. The van der Waals surface area contributed by atoms with E-state index in [1.54, 1.807) is 7.11 Å². The van der Waals surface area contributed by atoms with E-state index in [4.69, 9.17) is 20.4 Å². The van der Waals surface area contributed by atoms with Crippen molar-refractivity contribution in [3.63, 3.8) is 0 Å². The molecule has 0 saturated heterocycles. The van der Waals surface area contributed by atoms with Gasteiger partial charge in [0.25, 0.3) is 0 Å². The Morgan fingerprint density at radius 1 is 1.00 bits per heavy atom. The lowest BCUT2D eigenvalue weighted by Gasteiger charge is -2.05. The van der Waals surface area contributed by atoms with E-state index in [0.29, 0.717) is 18.9 Å². The summed E-state index contributed by atoms with van der Waals surface area (Å²) in [7, 11) is 1.63. The summed E-state index contributed by atoms with van der Waals surface area (Å²) in [6, 6.07) is 15.1. The molecule has 0 aliphatic carbocycles. The van der Waals surface area contributed by atoms with Gasteiger partial charge in [-0.25, -0.2) is 0 Å². The van der Waals surface area contributed by atoms with Crippen LogP contribution in [0.4, 0.5) is 0 Å². The standard InChI is InChI=1S/C17H20N2O3/c1-21-16-8-6-13(7-9-16)10-17(18)19-22-12-15-4-2-14(11-20)3-5-15/h2-9,20H,10-12H2,1H3,(H2,18,19). The molecule has 2 rings (SSSR count). The fraction of sp³-hybridized carbons (Fsp3) is 0.235. The van der Waals surface area contributed by atoms with Crippen LogP contribution in [0.5, 0.6) is 5.75 Å². The smallest absolute Gasteiger partial charge is 0.143 e. The lowest BCUT2D eigenvalue weighted by Crippen LogP contribution is -2.15. The maximum absolute atomic E-state index is 8.97. The lowest BCUT2D eigenvalue weighted by molar-refractivity contribution is 0.129. The summed E-state index contributed by atoms with van der Waals surface area (Å²) in [5.41, 5.74) is 8.72. The minimum atomic E-state index is 0.0358. The minimum absolute atomic E-state index is 0.0358. The first-order chi connectivity index (χ1) is 10.7. The van der Waals surface area contributed by atoms with Gasteiger partial charge in [-0.15, -0.1) is 0 Å². The van der Waals surface area contributed by atoms with Crippen LogP contribution in [0.25, 0.3) is 0 Å². The van der Waals surface area contributed by atoms with Crippen molar-refractivity contribution in [3.05, 3.63) is 65.2 Å². The average Bonchev–Trinajstić information content (AvgIpc) is 2.56. The highest BCUT2D eigenvalue weighted by atomic mass is 16.6. The number of aliphatic hydroxyl groups is 1. The highest BCUT2D eigenvalue weighted by molar-refractivity contribution is 5.82. The molecule has 0 saturated carbocycles. The minimum Gasteiger partial charge on any atom is -0.497 e. The predicted molar refractivity (Wildman–Crippen MR) is 85.5 cm³/mol. The fourth-order valence-electron chi connectivity index (χ4n) is 1.92. The number of aliphatic hydroxyl groups excluding tert-OH is 1. The van der Waals surface area contributed by atoms with E-state index in [2.05, 4.69) is 5.16 Å². The molecule has 0 unspecified atom stereocenters. The van der Waals surface area contributed by atoms with Gasteiger partial charge in [-0.1, -0.05) is 41.6 Å². The molecule has 0 atom stereocenters. The molecule has 5 heteroatoms. The van der Waals surface area contributed by atoms with Crippen LogP contribution in [-0.4, -0.2) is 18.1 Å². The van der Waals surface area contributed by atoms with Crippen molar-refractivity contribution in [2.45, 2.75) is 19.6 Å². The zero-order chi connectivity index (χ0) is 15.8. The van der Waals surface area contributed by atoms with Crippen molar-refractivity contribution in [3.8, 4) is 5.75 Å². The van der Waals surface area contributed by atoms with Crippen molar-refractivity contribution < 1.29 is 14.7 Å². The second kappa shape index (κ2) is 8.05. The van der Waals surface area contributed by atoms with Gasteiger partial charge < -0.3 is 20.4 Å². The van der Waals surface area contributed by atoms with Crippen molar-refractivity contribution in [2.75, 3.05) is 7.11 Å². The van der Waals surface area contributed by atoms with E-state index in [1.165, 1.54) is 0 Å². The molecule has 0 aromatic heterocycles. The summed E-state index contributed by atoms with van der Waals surface area (Å²) in [4.78, 5) is 5.25. The molecule has 0 amide bonds. The summed E-state index contributed by atoms with van der Waals surface area (Å²) >= 11 is 0. The third-order valence-electron chi connectivity index (χ3n) is 3.16. The van der Waals surface area contributed by atoms with Gasteiger partial charge in [-0.05, 0) is 28.8 Å². The Kier molecular flexibility index (Phi) is 5.80. The molecule has 0 spiro atoms. The van der Waals surface area contributed by atoms with Crippen LogP contribution in [0.1, 0.15) is 16.7 Å². The number of ether oxygens (including phenoxy) is 1. The van der Waals surface area contributed by atoms with Crippen molar-refractivity contribution in [1.82, 2.24) is 0 Å². The van der Waals surface area contributed by atoms with E-state index < -0.39 is 0 Å². The van der Waals surface area contributed by atoms with Gasteiger partial charge in [0.05, 0.1) is 13.7 Å². The molecule has 2 aromatic carbocycles. The molecule has 0 aliphatic heterocycles. The first kappa shape index (κ1) is 15.9. The Balaban J connectivity index is 1.83. The van der Waals surface area contributed by atoms with E-state index in [-0.39, 0.29) is 6.61 Å². The monoisotopic (exact) mass is 300 g/mol. The van der Waals surface area contributed by atoms with Crippen LogP contribution in [0.15, 0.2) is 53.7 Å². The molecule has 116 valence electrons. The summed E-state index contributed by atoms with van der Waals surface area (Å²) in [6.45, 7) is 0.378. The topological polar surface area (TPSA) is 77.1 Å². The SMILES string of the molecule is COc1ccc(C/C(N)=N/OCc2ccc(CO)cc2)cc1. The van der Waals surface area contributed by atoms with E-state index >= 15 is 0 Å². The van der Waals surface area contributed by atoms with Crippen LogP contribution in [0.2, 0.25) is 0 Å². The first-order valence-electron chi connectivity index (χ1n) is 6.97. The Morgan fingerprint density at radius 2 is 1.59 bits per heavy atom. The molecule has 3 N–H and O–H groups in total. The van der Waals surface area contributed by atoms with E-state index in [1.807, 2.05) is 48.5 Å². The van der Waals surface area contributed by atoms with E-state index in [9.17, 15) is 0 Å².